The van der Waals surface area contributed by atoms with Crippen LogP contribution in [0.2, 0.25) is 0 Å². The van der Waals surface area contributed by atoms with Gasteiger partial charge in [0.05, 0.1) is 13.1 Å². The van der Waals surface area contributed by atoms with Crippen LogP contribution in [0.25, 0.3) is 0 Å². The van der Waals surface area contributed by atoms with Crippen LogP contribution in [0.4, 0.5) is 0 Å². The van der Waals surface area contributed by atoms with Crippen molar-refractivity contribution >= 4 is 0 Å². The highest BCUT2D eigenvalue weighted by atomic mass is 19.0. The molecule has 0 bridgehead atoms. The standard InChI is InChI=1S/C10H18N.FH/c1-5-11(6-2)7-9(3)10(4)8-11;/h3-8H2,1-2H3;1H/q+1;/p-1. The zero-order valence-electron chi connectivity index (χ0n) is 8.07. The second-order valence-electron chi connectivity index (χ2n) is 3.50. The van der Waals surface area contributed by atoms with Crippen molar-refractivity contribution in [2.45, 2.75) is 13.8 Å². The molecule has 70 valence electrons. The Balaban J connectivity index is 0.00000121. The van der Waals surface area contributed by atoms with E-state index >= 15 is 0 Å². The maximum Gasteiger partial charge on any atom is 0.104 e. The van der Waals surface area contributed by atoms with E-state index in [1.807, 2.05) is 0 Å². The molecule has 1 fully saturated rings. The number of quaternary nitrogens is 1. The van der Waals surface area contributed by atoms with E-state index in [1.54, 1.807) is 0 Å². The Kier molecular flexibility index (Phi) is 3.65. The largest absolute Gasteiger partial charge is 1.00 e. The first kappa shape index (κ1) is 11.4. The lowest BCUT2D eigenvalue weighted by Crippen LogP contribution is -3.00. The molecule has 12 heavy (non-hydrogen) atoms. The molecular formula is C10H18FN. The molecule has 0 spiro atoms. The molecule has 1 nitrogen and oxygen atoms in total. The molecule has 0 aromatic heterocycles. The monoisotopic (exact) mass is 171 g/mol. The summed E-state index contributed by atoms with van der Waals surface area (Å²) in [5.74, 6) is 0. The van der Waals surface area contributed by atoms with Gasteiger partial charge in [-0.3, -0.25) is 0 Å². The van der Waals surface area contributed by atoms with Gasteiger partial charge in [-0.15, -0.1) is 0 Å². The van der Waals surface area contributed by atoms with E-state index in [4.69, 9.17) is 0 Å². The van der Waals surface area contributed by atoms with Gasteiger partial charge < -0.3 is 9.19 Å². The molecule has 1 saturated heterocycles. The van der Waals surface area contributed by atoms with Gasteiger partial charge in [-0.1, -0.05) is 13.2 Å². The zero-order valence-corrected chi connectivity index (χ0v) is 8.07. The van der Waals surface area contributed by atoms with Crippen LogP contribution in [0.5, 0.6) is 0 Å². The van der Waals surface area contributed by atoms with Crippen LogP contribution < -0.4 is 4.70 Å². The first-order valence-corrected chi connectivity index (χ1v) is 4.34. The SMILES string of the molecule is C=C1C[N+](CC)(CC)CC1=C.[F-]. The molecule has 2 heteroatoms. The van der Waals surface area contributed by atoms with E-state index < -0.39 is 0 Å². The molecule has 1 rings (SSSR count). The number of likely N-dealkylation sites (N-methyl/N-ethyl adjacent to an activating group) is 1. The second-order valence-corrected chi connectivity index (χ2v) is 3.50. The smallest absolute Gasteiger partial charge is 0.104 e. The number of halogens is 1. The van der Waals surface area contributed by atoms with Gasteiger partial charge in [-0.25, -0.2) is 0 Å². The highest BCUT2D eigenvalue weighted by Gasteiger charge is 2.32. The molecule has 1 heterocycles. The van der Waals surface area contributed by atoms with E-state index in [-0.39, 0.29) is 4.70 Å². The van der Waals surface area contributed by atoms with E-state index in [9.17, 15) is 0 Å². The summed E-state index contributed by atoms with van der Waals surface area (Å²) in [6.07, 6.45) is 0. The maximum absolute atomic E-state index is 4.01. The number of nitrogens with zero attached hydrogens (tertiary/aromatic N) is 1. The minimum Gasteiger partial charge on any atom is -1.00 e. The molecule has 0 radical (unpaired) electrons. The molecule has 1 aliphatic heterocycles. The maximum atomic E-state index is 4.01. The van der Waals surface area contributed by atoms with Gasteiger partial charge in [0.2, 0.25) is 0 Å². The highest BCUT2D eigenvalue weighted by Crippen LogP contribution is 2.25. The Morgan fingerprint density at radius 2 is 1.42 bits per heavy atom. The topological polar surface area (TPSA) is 0 Å². The van der Waals surface area contributed by atoms with Gasteiger partial charge in [0.25, 0.3) is 0 Å². The van der Waals surface area contributed by atoms with Crippen LogP contribution in [0.3, 0.4) is 0 Å². The predicted octanol–water partition coefficient (Wildman–Crippen LogP) is -1.03. The van der Waals surface area contributed by atoms with E-state index in [2.05, 4.69) is 27.0 Å². The van der Waals surface area contributed by atoms with E-state index in [1.165, 1.54) is 24.2 Å². The fourth-order valence-electron chi connectivity index (χ4n) is 1.76. The minimum atomic E-state index is 0. The number of hydrogen-bond donors (Lipinski definition) is 0. The Morgan fingerprint density at radius 3 is 1.58 bits per heavy atom. The van der Waals surface area contributed by atoms with Crippen molar-refractivity contribution in [3.05, 3.63) is 24.3 Å². The van der Waals surface area contributed by atoms with Crippen molar-refractivity contribution in [3.8, 4) is 0 Å². The summed E-state index contributed by atoms with van der Waals surface area (Å²) in [4.78, 5) is 0. The lowest BCUT2D eigenvalue weighted by molar-refractivity contribution is -0.908. The summed E-state index contributed by atoms with van der Waals surface area (Å²) in [6, 6.07) is 0. The number of hydrogen-bond acceptors (Lipinski definition) is 0. The average molecular weight is 171 g/mol. The molecule has 0 amide bonds. The van der Waals surface area contributed by atoms with Crippen molar-refractivity contribution in [1.29, 1.82) is 0 Å². The van der Waals surface area contributed by atoms with Gasteiger partial charge in [0.15, 0.2) is 0 Å². The summed E-state index contributed by atoms with van der Waals surface area (Å²) < 4.78 is 1.16. The zero-order chi connectivity index (χ0) is 8.48. The molecular weight excluding hydrogens is 153 g/mol. The Hall–Kier alpha value is -0.630. The Bertz CT molecular complexity index is 174. The normalized spacial score (nSPS) is 20.8. The molecule has 0 atom stereocenters. The van der Waals surface area contributed by atoms with Crippen molar-refractivity contribution < 1.29 is 9.19 Å². The van der Waals surface area contributed by atoms with Crippen LogP contribution in [-0.2, 0) is 0 Å². The van der Waals surface area contributed by atoms with Gasteiger partial charge >= 0.3 is 0 Å². The number of likely N-dealkylation sites (tertiary alicyclic amines) is 1. The van der Waals surface area contributed by atoms with Gasteiger partial charge in [-0.2, -0.15) is 0 Å². The summed E-state index contributed by atoms with van der Waals surface area (Å²) in [5.41, 5.74) is 2.52. The van der Waals surface area contributed by atoms with Crippen LogP contribution in [-0.4, -0.2) is 30.7 Å². The average Bonchev–Trinajstić information content (AvgIpc) is 2.29. The number of rotatable bonds is 2. The second kappa shape index (κ2) is 3.85. The quantitative estimate of drug-likeness (QED) is 0.466. The summed E-state index contributed by atoms with van der Waals surface area (Å²) in [6.45, 7) is 17.2. The summed E-state index contributed by atoms with van der Waals surface area (Å²) in [7, 11) is 0. The first-order valence-electron chi connectivity index (χ1n) is 4.34. The molecule has 0 N–H and O–H groups in total. The third kappa shape index (κ3) is 1.75. The molecule has 0 unspecified atom stereocenters. The Labute approximate surface area is 74.3 Å². The lowest BCUT2D eigenvalue weighted by Gasteiger charge is -2.30. The molecule has 0 aromatic rings. The first-order chi connectivity index (χ1) is 5.13. The highest BCUT2D eigenvalue weighted by molar-refractivity contribution is 5.29. The van der Waals surface area contributed by atoms with Crippen LogP contribution in [0, 0.1) is 0 Å². The van der Waals surface area contributed by atoms with Crippen molar-refractivity contribution in [2.75, 3.05) is 26.2 Å². The minimum absolute atomic E-state index is 0. The predicted molar refractivity (Wildman–Crippen MR) is 49.4 cm³/mol. The lowest BCUT2D eigenvalue weighted by atomic mass is 10.2. The van der Waals surface area contributed by atoms with E-state index in [0.717, 1.165) is 17.6 Å². The molecule has 1 aliphatic rings. The van der Waals surface area contributed by atoms with Crippen LogP contribution in [0.15, 0.2) is 24.3 Å². The fraction of sp³-hybridized carbons (Fsp3) is 0.600. The van der Waals surface area contributed by atoms with Crippen LogP contribution in [0.1, 0.15) is 13.8 Å². The van der Waals surface area contributed by atoms with Crippen molar-refractivity contribution in [3.63, 3.8) is 0 Å². The van der Waals surface area contributed by atoms with Gasteiger partial charge in [0.1, 0.15) is 13.1 Å². The molecule has 0 aliphatic carbocycles. The third-order valence-corrected chi connectivity index (χ3v) is 2.89. The molecule has 0 saturated carbocycles. The van der Waals surface area contributed by atoms with Crippen molar-refractivity contribution in [2.24, 2.45) is 0 Å². The van der Waals surface area contributed by atoms with Crippen molar-refractivity contribution in [1.82, 2.24) is 0 Å². The Morgan fingerprint density at radius 1 is 1.08 bits per heavy atom. The molecule has 0 aromatic carbocycles. The van der Waals surface area contributed by atoms with Crippen LogP contribution >= 0.6 is 0 Å². The summed E-state index contributed by atoms with van der Waals surface area (Å²) in [5, 5.41) is 0. The fourth-order valence-corrected chi connectivity index (χ4v) is 1.76. The van der Waals surface area contributed by atoms with Gasteiger partial charge in [-0.05, 0) is 13.8 Å². The van der Waals surface area contributed by atoms with Gasteiger partial charge in [0, 0.05) is 11.1 Å². The van der Waals surface area contributed by atoms with E-state index in [0.29, 0.717) is 0 Å². The summed E-state index contributed by atoms with van der Waals surface area (Å²) >= 11 is 0. The third-order valence-electron chi connectivity index (χ3n) is 2.89.